The van der Waals surface area contributed by atoms with Crippen LogP contribution >= 0.6 is 0 Å². The quantitative estimate of drug-likeness (QED) is 0.505. The van der Waals surface area contributed by atoms with Crippen LogP contribution in [0.15, 0.2) is 60.7 Å². The predicted molar refractivity (Wildman–Crippen MR) is 94.8 cm³/mol. The fourth-order valence-corrected chi connectivity index (χ4v) is 2.07. The van der Waals surface area contributed by atoms with Gasteiger partial charge in [-0.15, -0.1) is 0 Å². The number of nitrogens with two attached hydrogens (primary N) is 3. The number of rotatable bonds is 5. The summed E-state index contributed by atoms with van der Waals surface area (Å²) in [6.07, 6.45) is 0. The summed E-state index contributed by atoms with van der Waals surface area (Å²) in [4.78, 5) is 20.9. The molecule has 0 aliphatic heterocycles. The van der Waals surface area contributed by atoms with Crippen LogP contribution in [-0.4, -0.2) is 33.9 Å². The third-order valence-corrected chi connectivity index (χ3v) is 3.42. The van der Waals surface area contributed by atoms with Gasteiger partial charge in [-0.25, -0.2) is 4.79 Å². The lowest BCUT2D eigenvalue weighted by Crippen LogP contribution is -2.53. The Morgan fingerprint density at radius 1 is 0.880 bits per heavy atom. The summed E-state index contributed by atoms with van der Waals surface area (Å²) >= 11 is 0. The molecular weight excluding hydrogens is 322 g/mol. The van der Waals surface area contributed by atoms with Crippen molar-refractivity contribution in [3.63, 3.8) is 0 Å². The lowest BCUT2D eigenvalue weighted by Gasteiger charge is -2.21. The monoisotopic (exact) mass is 345 g/mol. The fraction of sp³-hybridized carbons (Fsp3) is 0.222. The molecule has 2 rings (SSSR count). The van der Waals surface area contributed by atoms with Crippen molar-refractivity contribution in [2.45, 2.75) is 24.5 Å². The summed E-state index contributed by atoms with van der Waals surface area (Å²) in [5.74, 6) is -2.52. The Morgan fingerprint density at radius 2 is 1.20 bits per heavy atom. The molecule has 0 heterocycles. The van der Waals surface area contributed by atoms with E-state index in [1.165, 1.54) is 6.92 Å². The Kier molecular flexibility index (Phi) is 7.25. The molecule has 0 fully saturated rings. The van der Waals surface area contributed by atoms with E-state index in [9.17, 15) is 9.59 Å². The number of carboxylic acids is 2. The van der Waals surface area contributed by atoms with Gasteiger partial charge in [-0.3, -0.25) is 4.79 Å². The SMILES string of the molecule is CC(N)(N)C(=O)O.N[C@H](C(=O)O)C(c1ccccc1)c1ccccc1. The van der Waals surface area contributed by atoms with Crippen LogP contribution < -0.4 is 17.2 Å². The summed E-state index contributed by atoms with van der Waals surface area (Å²) in [6.45, 7) is 1.22. The van der Waals surface area contributed by atoms with Gasteiger partial charge in [0.2, 0.25) is 0 Å². The summed E-state index contributed by atoms with van der Waals surface area (Å²) in [6, 6.07) is 18.0. The highest BCUT2D eigenvalue weighted by molar-refractivity contribution is 5.76. The number of carboxylic acid groups (broad SMARTS) is 2. The number of hydrogen-bond donors (Lipinski definition) is 5. The minimum absolute atomic E-state index is 0.329. The summed E-state index contributed by atoms with van der Waals surface area (Å²) < 4.78 is 0. The van der Waals surface area contributed by atoms with Gasteiger partial charge in [-0.1, -0.05) is 60.7 Å². The Hall–Kier alpha value is -2.74. The van der Waals surface area contributed by atoms with E-state index in [1.807, 2.05) is 60.7 Å². The molecule has 0 unspecified atom stereocenters. The Labute approximate surface area is 146 Å². The third-order valence-electron chi connectivity index (χ3n) is 3.42. The van der Waals surface area contributed by atoms with Crippen LogP contribution in [0.5, 0.6) is 0 Å². The number of benzene rings is 2. The largest absolute Gasteiger partial charge is 0.480 e. The summed E-state index contributed by atoms with van der Waals surface area (Å²) in [7, 11) is 0. The van der Waals surface area contributed by atoms with Gasteiger partial charge in [-0.05, 0) is 18.1 Å². The Morgan fingerprint density at radius 3 is 1.44 bits per heavy atom. The molecule has 2 aromatic carbocycles. The zero-order valence-electron chi connectivity index (χ0n) is 13.9. The minimum Gasteiger partial charge on any atom is -0.480 e. The molecule has 0 aliphatic carbocycles. The third kappa shape index (κ3) is 6.34. The molecule has 134 valence electrons. The van der Waals surface area contributed by atoms with Gasteiger partial charge < -0.3 is 27.4 Å². The maximum atomic E-state index is 11.2. The van der Waals surface area contributed by atoms with Crippen LogP contribution in [0, 0.1) is 0 Å². The molecule has 25 heavy (non-hydrogen) atoms. The van der Waals surface area contributed by atoms with Gasteiger partial charge in [0.1, 0.15) is 6.04 Å². The van der Waals surface area contributed by atoms with E-state index in [-0.39, 0.29) is 5.92 Å². The van der Waals surface area contributed by atoms with E-state index < -0.39 is 23.6 Å². The lowest BCUT2D eigenvalue weighted by atomic mass is 9.85. The molecular formula is C18H23N3O4. The van der Waals surface area contributed by atoms with Gasteiger partial charge in [0, 0.05) is 5.92 Å². The average molecular weight is 345 g/mol. The maximum absolute atomic E-state index is 11.2. The molecule has 0 amide bonds. The van der Waals surface area contributed by atoms with Crippen molar-refractivity contribution in [3.05, 3.63) is 71.8 Å². The molecule has 1 atom stereocenters. The second-order valence-electron chi connectivity index (χ2n) is 5.75. The number of hydrogen-bond acceptors (Lipinski definition) is 5. The van der Waals surface area contributed by atoms with E-state index in [0.29, 0.717) is 0 Å². The highest BCUT2D eigenvalue weighted by Gasteiger charge is 2.27. The smallest absolute Gasteiger partial charge is 0.338 e. The van der Waals surface area contributed by atoms with Crippen LogP contribution in [0.25, 0.3) is 0 Å². The molecule has 0 bridgehead atoms. The normalized spacial score (nSPS) is 12.0. The molecule has 0 saturated carbocycles. The second kappa shape index (κ2) is 8.93. The molecule has 7 heteroatoms. The van der Waals surface area contributed by atoms with Crippen molar-refractivity contribution in [2.75, 3.05) is 0 Å². The standard InChI is InChI=1S/C15H15NO2.C3H8N2O2/c16-14(15(17)18)13(11-7-3-1-4-8-11)12-9-5-2-6-10-12;1-3(4,5)2(6)7/h1-10,13-14H,16H2,(H,17,18);4-5H2,1H3,(H,6,7)/t14-;/m0./s1. The molecule has 0 saturated heterocycles. The van der Waals surface area contributed by atoms with Crippen molar-refractivity contribution in [1.29, 1.82) is 0 Å². The van der Waals surface area contributed by atoms with Crippen LogP contribution in [0.1, 0.15) is 24.0 Å². The predicted octanol–water partition coefficient (Wildman–Crippen LogP) is 0.935. The summed E-state index contributed by atoms with van der Waals surface area (Å²) in [5.41, 5.74) is 15.8. The number of carbonyl (C=O) groups is 2. The molecule has 8 N–H and O–H groups in total. The fourth-order valence-electron chi connectivity index (χ4n) is 2.07. The lowest BCUT2D eigenvalue weighted by molar-refractivity contribution is -0.142. The van der Waals surface area contributed by atoms with Crippen LogP contribution in [-0.2, 0) is 9.59 Å². The first-order valence-corrected chi connectivity index (χ1v) is 7.54. The minimum atomic E-state index is -1.58. The van der Waals surface area contributed by atoms with E-state index in [4.69, 9.17) is 27.4 Å². The Balaban J connectivity index is 0.000000381. The molecule has 7 nitrogen and oxygen atoms in total. The second-order valence-corrected chi connectivity index (χ2v) is 5.75. The van der Waals surface area contributed by atoms with Crippen molar-refractivity contribution < 1.29 is 19.8 Å². The zero-order chi connectivity index (χ0) is 19.0. The highest BCUT2D eigenvalue weighted by Crippen LogP contribution is 2.27. The van der Waals surface area contributed by atoms with Crippen molar-refractivity contribution >= 4 is 11.9 Å². The molecule has 0 radical (unpaired) electrons. The van der Waals surface area contributed by atoms with E-state index in [1.54, 1.807) is 0 Å². The van der Waals surface area contributed by atoms with Gasteiger partial charge in [0.15, 0.2) is 5.66 Å². The number of aliphatic carboxylic acids is 2. The first-order chi connectivity index (χ1) is 11.6. The zero-order valence-corrected chi connectivity index (χ0v) is 13.9. The first kappa shape index (κ1) is 20.3. The van der Waals surface area contributed by atoms with Crippen molar-refractivity contribution in [1.82, 2.24) is 0 Å². The van der Waals surface area contributed by atoms with Gasteiger partial charge in [0.05, 0.1) is 0 Å². The molecule has 0 aliphatic rings. The molecule has 2 aromatic rings. The maximum Gasteiger partial charge on any atom is 0.338 e. The van der Waals surface area contributed by atoms with Crippen molar-refractivity contribution in [3.8, 4) is 0 Å². The van der Waals surface area contributed by atoms with E-state index >= 15 is 0 Å². The highest BCUT2D eigenvalue weighted by atomic mass is 16.4. The summed E-state index contributed by atoms with van der Waals surface area (Å²) in [5, 5.41) is 17.2. The topological polar surface area (TPSA) is 153 Å². The Bertz CT molecular complexity index is 645. The van der Waals surface area contributed by atoms with Gasteiger partial charge in [-0.2, -0.15) is 0 Å². The van der Waals surface area contributed by atoms with E-state index in [2.05, 4.69) is 0 Å². The van der Waals surface area contributed by atoms with Gasteiger partial charge in [0.25, 0.3) is 0 Å². The van der Waals surface area contributed by atoms with Crippen LogP contribution in [0.3, 0.4) is 0 Å². The first-order valence-electron chi connectivity index (χ1n) is 7.54. The van der Waals surface area contributed by atoms with Gasteiger partial charge >= 0.3 is 11.9 Å². The van der Waals surface area contributed by atoms with E-state index in [0.717, 1.165) is 11.1 Å². The average Bonchev–Trinajstić information content (AvgIpc) is 2.56. The molecule has 0 spiro atoms. The van der Waals surface area contributed by atoms with Crippen molar-refractivity contribution in [2.24, 2.45) is 17.2 Å². The van der Waals surface area contributed by atoms with Crippen LogP contribution in [0.4, 0.5) is 0 Å². The molecule has 0 aromatic heterocycles. The van der Waals surface area contributed by atoms with Crippen LogP contribution in [0.2, 0.25) is 0 Å².